The van der Waals surface area contributed by atoms with E-state index in [2.05, 4.69) is 24.1 Å². The molecule has 0 aliphatic heterocycles. The lowest BCUT2D eigenvalue weighted by atomic mass is 10.0. The lowest BCUT2D eigenvalue weighted by Crippen LogP contribution is -2.21. The van der Waals surface area contributed by atoms with E-state index >= 15 is 0 Å². The zero-order valence-electron chi connectivity index (χ0n) is 12.2. The predicted octanol–water partition coefficient (Wildman–Crippen LogP) is 3.70. The lowest BCUT2D eigenvalue weighted by molar-refractivity contribution is 0.0967. The molecule has 0 aliphatic rings. The van der Waals surface area contributed by atoms with E-state index in [4.69, 9.17) is 0 Å². The number of nitrogens with zero attached hydrogens (tertiary/aromatic N) is 1. The van der Waals surface area contributed by atoms with Crippen molar-refractivity contribution in [1.29, 1.82) is 0 Å². The van der Waals surface area contributed by atoms with E-state index in [-0.39, 0.29) is 5.78 Å². The number of carbonyl (C=O) groups excluding carboxylic acids is 1. The van der Waals surface area contributed by atoms with Crippen molar-refractivity contribution in [3.63, 3.8) is 0 Å². The highest BCUT2D eigenvalue weighted by Crippen LogP contribution is 2.10. The second kappa shape index (κ2) is 7.01. The maximum absolute atomic E-state index is 12.2. The quantitative estimate of drug-likeness (QED) is 0.744. The van der Waals surface area contributed by atoms with Crippen LogP contribution in [-0.2, 0) is 6.54 Å². The van der Waals surface area contributed by atoms with Crippen LogP contribution in [0.5, 0.6) is 0 Å². The van der Waals surface area contributed by atoms with Gasteiger partial charge in [-0.05, 0) is 25.1 Å². The van der Waals surface area contributed by atoms with E-state index in [1.807, 2.05) is 49.4 Å². The van der Waals surface area contributed by atoms with Crippen molar-refractivity contribution >= 4 is 5.78 Å². The van der Waals surface area contributed by atoms with Crippen LogP contribution in [0.2, 0.25) is 0 Å². The molecule has 20 heavy (non-hydrogen) atoms. The van der Waals surface area contributed by atoms with Crippen LogP contribution in [0.4, 0.5) is 0 Å². The summed E-state index contributed by atoms with van der Waals surface area (Å²) in [6.07, 6.45) is 0.564. The Hall–Kier alpha value is -1.93. The molecule has 0 atom stereocenters. The molecule has 0 saturated carbocycles. The van der Waals surface area contributed by atoms with Crippen molar-refractivity contribution in [3.8, 4) is 0 Å². The Balaban J connectivity index is 1.86. The minimum atomic E-state index is 0.225. The second-order valence-corrected chi connectivity index (χ2v) is 5.21. The molecule has 104 valence electrons. The number of hydrogen-bond donors (Lipinski definition) is 0. The normalized spacial score (nSPS) is 10.8. The SMILES string of the molecule is Cc1ccccc1C(=O)CCN(C)Cc1ccccc1. The summed E-state index contributed by atoms with van der Waals surface area (Å²) < 4.78 is 0. The third-order valence-electron chi connectivity index (χ3n) is 3.46. The van der Waals surface area contributed by atoms with Crippen molar-refractivity contribution < 1.29 is 4.79 Å². The number of hydrogen-bond acceptors (Lipinski definition) is 2. The number of aryl methyl sites for hydroxylation is 1. The van der Waals surface area contributed by atoms with Crippen molar-refractivity contribution in [2.75, 3.05) is 13.6 Å². The Morgan fingerprint density at radius 1 is 1.00 bits per heavy atom. The van der Waals surface area contributed by atoms with Crippen molar-refractivity contribution in [1.82, 2.24) is 4.90 Å². The van der Waals surface area contributed by atoms with Crippen molar-refractivity contribution in [2.45, 2.75) is 19.9 Å². The van der Waals surface area contributed by atoms with Crippen LogP contribution in [-0.4, -0.2) is 24.3 Å². The van der Waals surface area contributed by atoms with Gasteiger partial charge >= 0.3 is 0 Å². The topological polar surface area (TPSA) is 20.3 Å². The van der Waals surface area contributed by atoms with Gasteiger partial charge in [-0.25, -0.2) is 0 Å². The largest absolute Gasteiger partial charge is 0.302 e. The average molecular weight is 267 g/mol. The van der Waals surface area contributed by atoms with Gasteiger partial charge in [0.1, 0.15) is 0 Å². The van der Waals surface area contributed by atoms with Gasteiger partial charge in [-0.3, -0.25) is 4.79 Å². The van der Waals surface area contributed by atoms with Crippen LogP contribution in [0, 0.1) is 6.92 Å². The van der Waals surface area contributed by atoms with E-state index in [9.17, 15) is 4.79 Å². The summed E-state index contributed by atoms with van der Waals surface area (Å²) in [4.78, 5) is 14.4. The molecule has 0 N–H and O–H groups in total. The van der Waals surface area contributed by atoms with Crippen LogP contribution in [0.25, 0.3) is 0 Å². The second-order valence-electron chi connectivity index (χ2n) is 5.21. The molecule has 2 rings (SSSR count). The van der Waals surface area contributed by atoms with Gasteiger partial charge in [0.05, 0.1) is 0 Å². The fourth-order valence-corrected chi connectivity index (χ4v) is 2.29. The summed E-state index contributed by atoms with van der Waals surface area (Å²) in [7, 11) is 2.05. The van der Waals surface area contributed by atoms with E-state index in [0.29, 0.717) is 6.42 Å². The van der Waals surface area contributed by atoms with Gasteiger partial charge in [-0.15, -0.1) is 0 Å². The Bertz CT molecular complexity index is 563. The van der Waals surface area contributed by atoms with Gasteiger partial charge in [0.15, 0.2) is 5.78 Å². The minimum Gasteiger partial charge on any atom is -0.302 e. The predicted molar refractivity (Wildman–Crippen MR) is 82.9 cm³/mol. The van der Waals surface area contributed by atoms with Crippen molar-refractivity contribution in [2.24, 2.45) is 0 Å². The smallest absolute Gasteiger partial charge is 0.164 e. The summed E-state index contributed by atoms with van der Waals surface area (Å²) in [5.74, 6) is 0.225. The maximum Gasteiger partial charge on any atom is 0.164 e. The Morgan fingerprint density at radius 2 is 1.65 bits per heavy atom. The summed E-state index contributed by atoms with van der Waals surface area (Å²) in [6.45, 7) is 3.64. The van der Waals surface area contributed by atoms with E-state index < -0.39 is 0 Å². The molecular weight excluding hydrogens is 246 g/mol. The van der Waals surface area contributed by atoms with Crippen LogP contribution in [0.15, 0.2) is 54.6 Å². The Labute approximate surface area is 121 Å². The van der Waals surface area contributed by atoms with Gasteiger partial charge in [0.2, 0.25) is 0 Å². The first kappa shape index (κ1) is 14.5. The van der Waals surface area contributed by atoms with E-state index in [1.165, 1.54) is 5.56 Å². The molecule has 2 nitrogen and oxygen atoms in total. The van der Waals surface area contributed by atoms with Crippen LogP contribution < -0.4 is 0 Å². The maximum atomic E-state index is 12.2. The molecule has 0 unspecified atom stereocenters. The molecule has 0 fully saturated rings. The molecule has 0 amide bonds. The first-order chi connectivity index (χ1) is 9.66. The highest BCUT2D eigenvalue weighted by atomic mass is 16.1. The van der Waals surface area contributed by atoms with Gasteiger partial charge in [0, 0.05) is 25.1 Å². The molecule has 2 heteroatoms. The highest BCUT2D eigenvalue weighted by molar-refractivity contribution is 5.97. The summed E-state index contributed by atoms with van der Waals surface area (Å²) in [5, 5.41) is 0. The Kier molecular flexibility index (Phi) is 5.08. The molecule has 2 aromatic carbocycles. The third kappa shape index (κ3) is 4.04. The molecule has 0 aliphatic carbocycles. The Morgan fingerprint density at radius 3 is 2.35 bits per heavy atom. The molecule has 0 aromatic heterocycles. The molecule has 0 heterocycles. The minimum absolute atomic E-state index is 0.225. The molecule has 0 spiro atoms. The van der Waals surface area contributed by atoms with Gasteiger partial charge in [-0.1, -0.05) is 54.6 Å². The molecule has 0 bridgehead atoms. The van der Waals surface area contributed by atoms with Gasteiger partial charge < -0.3 is 4.90 Å². The summed E-state index contributed by atoms with van der Waals surface area (Å²) >= 11 is 0. The van der Waals surface area contributed by atoms with Gasteiger partial charge in [-0.2, -0.15) is 0 Å². The number of carbonyl (C=O) groups is 1. The average Bonchev–Trinajstić information content (AvgIpc) is 2.46. The van der Waals surface area contributed by atoms with E-state index in [0.717, 1.165) is 24.2 Å². The standard InChI is InChI=1S/C18H21NO/c1-15-8-6-7-11-17(15)18(20)12-13-19(2)14-16-9-4-3-5-10-16/h3-11H,12-14H2,1-2H3. The highest BCUT2D eigenvalue weighted by Gasteiger charge is 2.09. The van der Waals surface area contributed by atoms with Crippen molar-refractivity contribution in [3.05, 3.63) is 71.3 Å². The zero-order chi connectivity index (χ0) is 14.4. The molecule has 2 aromatic rings. The third-order valence-corrected chi connectivity index (χ3v) is 3.46. The van der Waals surface area contributed by atoms with Crippen LogP contribution in [0.3, 0.4) is 0 Å². The fraction of sp³-hybridized carbons (Fsp3) is 0.278. The van der Waals surface area contributed by atoms with E-state index in [1.54, 1.807) is 0 Å². The molecular formula is C18H21NO. The van der Waals surface area contributed by atoms with Crippen LogP contribution >= 0.6 is 0 Å². The number of benzene rings is 2. The number of ketones is 1. The van der Waals surface area contributed by atoms with Crippen LogP contribution in [0.1, 0.15) is 27.9 Å². The lowest BCUT2D eigenvalue weighted by Gasteiger charge is -2.16. The zero-order valence-corrected chi connectivity index (χ0v) is 12.2. The molecule has 0 saturated heterocycles. The summed E-state index contributed by atoms with van der Waals surface area (Å²) in [6, 6.07) is 18.1. The first-order valence-corrected chi connectivity index (χ1v) is 6.98. The summed E-state index contributed by atoms with van der Waals surface area (Å²) in [5.41, 5.74) is 3.18. The number of Topliss-reactive ketones (excluding diaryl/α,β-unsaturated/α-hetero) is 1. The van der Waals surface area contributed by atoms with Gasteiger partial charge in [0.25, 0.3) is 0 Å². The first-order valence-electron chi connectivity index (χ1n) is 6.98. The number of rotatable bonds is 6. The fourth-order valence-electron chi connectivity index (χ4n) is 2.29. The molecule has 0 radical (unpaired) electrons. The monoisotopic (exact) mass is 267 g/mol.